The van der Waals surface area contributed by atoms with Gasteiger partial charge in [-0.3, -0.25) is 0 Å². The summed E-state index contributed by atoms with van der Waals surface area (Å²) < 4.78 is 6.55. The predicted octanol–water partition coefficient (Wildman–Crippen LogP) is 2.13. The molecule has 88 valence electrons. The average Bonchev–Trinajstić information content (AvgIpc) is 2.87. The van der Waals surface area contributed by atoms with E-state index in [9.17, 15) is 4.79 Å². The first-order chi connectivity index (χ1) is 7.38. The van der Waals surface area contributed by atoms with Crippen LogP contribution in [0.15, 0.2) is 6.20 Å². The first-order valence-electron chi connectivity index (χ1n) is 5.45. The van der Waals surface area contributed by atoms with E-state index in [0.717, 1.165) is 18.5 Å². The third-order valence-electron chi connectivity index (χ3n) is 2.37. The van der Waals surface area contributed by atoms with Gasteiger partial charge in [0.15, 0.2) is 0 Å². The Hall–Kier alpha value is -1.52. The maximum atomic E-state index is 11.8. The summed E-state index contributed by atoms with van der Waals surface area (Å²) in [5.74, 6) is 0.370. The monoisotopic (exact) mass is 223 g/mol. The normalized spacial score (nSPS) is 16.2. The van der Waals surface area contributed by atoms with Crippen molar-refractivity contribution in [2.45, 2.75) is 45.1 Å². The highest BCUT2D eigenvalue weighted by Gasteiger charge is 2.32. The fourth-order valence-electron chi connectivity index (χ4n) is 1.59. The minimum atomic E-state index is -0.515. The van der Waals surface area contributed by atoms with Crippen molar-refractivity contribution in [3.05, 3.63) is 11.9 Å². The highest BCUT2D eigenvalue weighted by Crippen LogP contribution is 2.42. The number of hydrogen-bond acceptors (Lipinski definition) is 4. The van der Waals surface area contributed by atoms with E-state index >= 15 is 0 Å². The van der Waals surface area contributed by atoms with Crippen molar-refractivity contribution < 1.29 is 9.53 Å². The molecule has 5 nitrogen and oxygen atoms in total. The lowest BCUT2D eigenvalue weighted by Gasteiger charge is -2.19. The Kier molecular flexibility index (Phi) is 2.40. The summed E-state index contributed by atoms with van der Waals surface area (Å²) in [6.45, 7) is 5.48. The van der Waals surface area contributed by atoms with Crippen LogP contribution in [0, 0.1) is 0 Å². The van der Waals surface area contributed by atoms with Crippen LogP contribution in [-0.4, -0.2) is 21.5 Å². The molecule has 0 unspecified atom stereocenters. The van der Waals surface area contributed by atoms with Crippen LogP contribution in [0.1, 0.15) is 45.2 Å². The summed E-state index contributed by atoms with van der Waals surface area (Å²) in [4.78, 5) is 11.8. The molecule has 1 aliphatic carbocycles. The molecule has 0 amide bonds. The predicted molar refractivity (Wildman–Crippen MR) is 60.2 cm³/mol. The van der Waals surface area contributed by atoms with Crippen LogP contribution in [-0.2, 0) is 4.74 Å². The molecular weight excluding hydrogens is 206 g/mol. The lowest BCUT2D eigenvalue weighted by atomic mass is 10.2. The third kappa shape index (κ3) is 2.18. The molecule has 2 rings (SSSR count). The molecule has 0 aliphatic heterocycles. The molecular formula is C11H17N3O2. The highest BCUT2D eigenvalue weighted by atomic mass is 16.6. The summed E-state index contributed by atoms with van der Waals surface area (Å²) in [7, 11) is 0. The highest BCUT2D eigenvalue weighted by molar-refractivity contribution is 5.73. The maximum Gasteiger partial charge on any atom is 0.435 e. The minimum Gasteiger partial charge on any atom is -0.442 e. The molecule has 0 atom stereocenters. The van der Waals surface area contributed by atoms with Crippen molar-refractivity contribution in [3.8, 4) is 0 Å². The van der Waals surface area contributed by atoms with Gasteiger partial charge in [-0.2, -0.15) is 9.78 Å². The van der Waals surface area contributed by atoms with E-state index in [1.807, 2.05) is 20.8 Å². The van der Waals surface area contributed by atoms with Gasteiger partial charge in [-0.1, -0.05) is 0 Å². The van der Waals surface area contributed by atoms with Gasteiger partial charge in [-0.15, -0.1) is 0 Å². The number of anilines is 1. The molecule has 0 bridgehead atoms. The summed E-state index contributed by atoms with van der Waals surface area (Å²) in [5, 5.41) is 3.98. The van der Waals surface area contributed by atoms with E-state index in [-0.39, 0.29) is 0 Å². The van der Waals surface area contributed by atoms with Gasteiger partial charge in [0.25, 0.3) is 0 Å². The van der Waals surface area contributed by atoms with Crippen molar-refractivity contribution in [2.24, 2.45) is 0 Å². The van der Waals surface area contributed by atoms with Crippen LogP contribution in [0.2, 0.25) is 0 Å². The van der Waals surface area contributed by atoms with Gasteiger partial charge < -0.3 is 10.5 Å². The molecule has 0 radical (unpaired) electrons. The molecule has 16 heavy (non-hydrogen) atoms. The van der Waals surface area contributed by atoms with Crippen molar-refractivity contribution in [1.82, 2.24) is 9.78 Å². The van der Waals surface area contributed by atoms with E-state index in [1.54, 1.807) is 0 Å². The quantitative estimate of drug-likeness (QED) is 0.791. The molecule has 1 fully saturated rings. The lowest BCUT2D eigenvalue weighted by molar-refractivity contribution is 0.0509. The van der Waals surface area contributed by atoms with E-state index in [1.165, 1.54) is 10.9 Å². The number of nitrogens with zero attached hydrogens (tertiary/aromatic N) is 2. The molecule has 0 spiro atoms. The van der Waals surface area contributed by atoms with Crippen LogP contribution in [0.5, 0.6) is 0 Å². The number of aromatic nitrogens is 2. The number of ether oxygens (including phenoxy) is 1. The summed E-state index contributed by atoms with van der Waals surface area (Å²) >= 11 is 0. The largest absolute Gasteiger partial charge is 0.442 e. The van der Waals surface area contributed by atoms with E-state index in [0.29, 0.717) is 11.6 Å². The topological polar surface area (TPSA) is 70.1 Å². The van der Waals surface area contributed by atoms with Gasteiger partial charge >= 0.3 is 6.09 Å². The first-order valence-corrected chi connectivity index (χ1v) is 5.45. The Balaban J connectivity index is 2.23. The molecule has 0 aromatic carbocycles. The third-order valence-corrected chi connectivity index (χ3v) is 2.37. The number of nitrogen functional groups attached to an aromatic ring is 1. The summed E-state index contributed by atoms with van der Waals surface area (Å²) in [5.41, 5.74) is 6.65. The second-order valence-corrected chi connectivity index (χ2v) is 5.15. The molecule has 2 N–H and O–H groups in total. The van der Waals surface area contributed by atoms with Crippen molar-refractivity contribution in [1.29, 1.82) is 0 Å². The Bertz CT molecular complexity index is 413. The van der Waals surface area contributed by atoms with Crippen molar-refractivity contribution in [2.75, 3.05) is 5.73 Å². The number of hydrogen-bond donors (Lipinski definition) is 1. The fourth-order valence-corrected chi connectivity index (χ4v) is 1.59. The van der Waals surface area contributed by atoms with E-state index in [2.05, 4.69) is 5.10 Å². The van der Waals surface area contributed by atoms with Gasteiger partial charge in [0.1, 0.15) is 5.60 Å². The standard InChI is InChI=1S/C11H17N3O2/c1-11(2,3)16-10(15)14-9(7-4-5-7)8(12)6-13-14/h6-7H,4-5,12H2,1-3H3. The van der Waals surface area contributed by atoms with Gasteiger partial charge in [-0.05, 0) is 33.6 Å². The molecule has 1 aromatic rings. The Morgan fingerprint density at radius 2 is 2.19 bits per heavy atom. The van der Waals surface area contributed by atoms with Crippen LogP contribution in [0.4, 0.5) is 10.5 Å². The van der Waals surface area contributed by atoms with Crippen LogP contribution < -0.4 is 5.73 Å². The molecule has 1 aromatic heterocycles. The molecule has 1 heterocycles. The average molecular weight is 223 g/mol. The van der Waals surface area contributed by atoms with Gasteiger partial charge in [0.05, 0.1) is 17.6 Å². The number of nitrogens with two attached hydrogens (primary N) is 1. The number of carbonyl (C=O) groups excluding carboxylic acids is 1. The Labute approximate surface area is 94.6 Å². The van der Waals surface area contributed by atoms with Crippen LogP contribution in [0.3, 0.4) is 0 Å². The van der Waals surface area contributed by atoms with Crippen molar-refractivity contribution in [3.63, 3.8) is 0 Å². The zero-order valence-electron chi connectivity index (χ0n) is 9.86. The second kappa shape index (κ2) is 3.50. The smallest absolute Gasteiger partial charge is 0.435 e. The number of carbonyl (C=O) groups is 1. The molecule has 0 saturated heterocycles. The Morgan fingerprint density at radius 3 is 2.69 bits per heavy atom. The Morgan fingerprint density at radius 1 is 1.56 bits per heavy atom. The zero-order chi connectivity index (χ0) is 11.9. The molecule has 1 saturated carbocycles. The maximum absolute atomic E-state index is 11.8. The minimum absolute atomic E-state index is 0.370. The SMILES string of the molecule is CC(C)(C)OC(=O)n1ncc(N)c1C1CC1. The fraction of sp³-hybridized carbons (Fsp3) is 0.636. The van der Waals surface area contributed by atoms with E-state index in [4.69, 9.17) is 10.5 Å². The van der Waals surface area contributed by atoms with Gasteiger partial charge in [0, 0.05) is 5.92 Å². The van der Waals surface area contributed by atoms with Crippen LogP contribution >= 0.6 is 0 Å². The van der Waals surface area contributed by atoms with E-state index < -0.39 is 11.7 Å². The number of rotatable bonds is 1. The first kappa shape index (κ1) is 11.0. The summed E-state index contributed by atoms with van der Waals surface area (Å²) in [6.07, 6.45) is 3.20. The molecule has 5 heteroatoms. The lowest BCUT2D eigenvalue weighted by Crippen LogP contribution is -2.28. The summed E-state index contributed by atoms with van der Waals surface area (Å²) in [6, 6.07) is 0. The van der Waals surface area contributed by atoms with Gasteiger partial charge in [-0.25, -0.2) is 4.79 Å². The second-order valence-electron chi connectivity index (χ2n) is 5.15. The zero-order valence-corrected chi connectivity index (χ0v) is 9.86. The van der Waals surface area contributed by atoms with Crippen LogP contribution in [0.25, 0.3) is 0 Å². The van der Waals surface area contributed by atoms with Crippen molar-refractivity contribution >= 4 is 11.8 Å². The van der Waals surface area contributed by atoms with Gasteiger partial charge in [0.2, 0.25) is 0 Å². The molecule has 1 aliphatic rings.